The molecule has 1 saturated carbocycles. The Morgan fingerprint density at radius 3 is 2.50 bits per heavy atom. The highest BCUT2D eigenvalue weighted by Gasteiger charge is 2.15. The summed E-state index contributed by atoms with van der Waals surface area (Å²) >= 11 is 0. The maximum absolute atomic E-state index is 13.6. The Labute approximate surface area is 106 Å². The van der Waals surface area contributed by atoms with Crippen LogP contribution in [0, 0.1) is 5.82 Å². The monoisotopic (exact) mass is 251 g/mol. The molecule has 4 heteroatoms. The third-order valence-corrected chi connectivity index (χ3v) is 3.43. The van der Waals surface area contributed by atoms with Crippen LogP contribution in [-0.4, -0.2) is 17.1 Å². The zero-order valence-corrected chi connectivity index (χ0v) is 10.3. The van der Waals surface area contributed by atoms with E-state index in [0.29, 0.717) is 5.69 Å². The molecule has 0 atom stereocenters. The smallest absolute Gasteiger partial charge is 0.335 e. The Kier molecular flexibility index (Phi) is 4.18. The van der Waals surface area contributed by atoms with Gasteiger partial charge in [-0.1, -0.05) is 25.7 Å². The van der Waals surface area contributed by atoms with Crippen molar-refractivity contribution < 1.29 is 14.3 Å². The van der Waals surface area contributed by atoms with E-state index >= 15 is 0 Å². The number of carboxylic acids is 1. The topological polar surface area (TPSA) is 49.3 Å². The van der Waals surface area contributed by atoms with E-state index in [2.05, 4.69) is 5.32 Å². The van der Waals surface area contributed by atoms with E-state index in [1.165, 1.54) is 31.0 Å². The molecule has 1 aliphatic rings. The highest BCUT2D eigenvalue weighted by Crippen LogP contribution is 2.23. The van der Waals surface area contributed by atoms with Crippen molar-refractivity contribution in [3.63, 3.8) is 0 Å². The molecule has 1 aromatic carbocycles. The van der Waals surface area contributed by atoms with Gasteiger partial charge in [0, 0.05) is 6.04 Å². The van der Waals surface area contributed by atoms with Crippen LogP contribution in [-0.2, 0) is 0 Å². The second-order valence-electron chi connectivity index (χ2n) is 4.83. The standard InChI is InChI=1S/C14H18FNO2/c15-12-8-7-10(14(17)18)9-13(12)16-11-5-3-1-2-4-6-11/h7-9,11,16H,1-6H2,(H,17,18). The molecule has 0 bridgehead atoms. The van der Waals surface area contributed by atoms with Gasteiger partial charge in [0.25, 0.3) is 0 Å². The number of carbonyl (C=O) groups is 1. The zero-order valence-electron chi connectivity index (χ0n) is 10.3. The number of hydrogen-bond donors (Lipinski definition) is 2. The minimum Gasteiger partial charge on any atom is -0.478 e. The predicted molar refractivity (Wildman–Crippen MR) is 68.5 cm³/mol. The average molecular weight is 251 g/mol. The molecule has 0 aromatic heterocycles. The molecule has 1 aromatic rings. The Bertz CT molecular complexity index is 426. The van der Waals surface area contributed by atoms with Crippen molar-refractivity contribution in [3.8, 4) is 0 Å². The summed E-state index contributed by atoms with van der Waals surface area (Å²) in [5, 5.41) is 12.0. The van der Waals surface area contributed by atoms with E-state index in [4.69, 9.17) is 5.11 Å². The fourth-order valence-corrected chi connectivity index (χ4v) is 2.41. The number of benzene rings is 1. The summed E-state index contributed by atoms with van der Waals surface area (Å²) in [6.07, 6.45) is 6.81. The van der Waals surface area contributed by atoms with Crippen molar-refractivity contribution in [1.82, 2.24) is 0 Å². The highest BCUT2D eigenvalue weighted by atomic mass is 19.1. The van der Waals surface area contributed by atoms with Crippen LogP contribution < -0.4 is 5.32 Å². The lowest BCUT2D eigenvalue weighted by Gasteiger charge is -2.18. The van der Waals surface area contributed by atoms with Gasteiger partial charge in [-0.15, -0.1) is 0 Å². The summed E-state index contributed by atoms with van der Waals surface area (Å²) in [6.45, 7) is 0. The molecular formula is C14H18FNO2. The summed E-state index contributed by atoms with van der Waals surface area (Å²) in [6, 6.07) is 4.13. The second kappa shape index (κ2) is 5.85. The second-order valence-corrected chi connectivity index (χ2v) is 4.83. The molecule has 0 heterocycles. The molecule has 0 radical (unpaired) electrons. The molecule has 0 amide bonds. The Balaban J connectivity index is 2.11. The zero-order chi connectivity index (χ0) is 13.0. The predicted octanol–water partition coefficient (Wildman–Crippen LogP) is 3.66. The molecule has 2 N–H and O–H groups in total. The average Bonchev–Trinajstić information content (AvgIpc) is 2.60. The number of nitrogens with one attached hydrogen (secondary N) is 1. The number of carboxylic acid groups (broad SMARTS) is 1. The maximum atomic E-state index is 13.6. The van der Waals surface area contributed by atoms with Crippen molar-refractivity contribution >= 4 is 11.7 Å². The fraction of sp³-hybridized carbons (Fsp3) is 0.500. The molecule has 98 valence electrons. The Hall–Kier alpha value is -1.58. The van der Waals surface area contributed by atoms with Gasteiger partial charge in [0.1, 0.15) is 5.82 Å². The first kappa shape index (κ1) is 12.9. The lowest BCUT2D eigenvalue weighted by Crippen LogP contribution is -2.19. The quantitative estimate of drug-likeness (QED) is 0.806. The van der Waals surface area contributed by atoms with Gasteiger partial charge in [-0.2, -0.15) is 0 Å². The number of anilines is 1. The summed E-state index contributed by atoms with van der Waals surface area (Å²) in [7, 11) is 0. The molecule has 2 rings (SSSR count). The van der Waals surface area contributed by atoms with Gasteiger partial charge < -0.3 is 10.4 Å². The van der Waals surface area contributed by atoms with Crippen LogP contribution in [0.3, 0.4) is 0 Å². The van der Waals surface area contributed by atoms with Crippen molar-refractivity contribution in [2.24, 2.45) is 0 Å². The third kappa shape index (κ3) is 3.22. The fourth-order valence-electron chi connectivity index (χ4n) is 2.41. The Morgan fingerprint density at radius 2 is 1.89 bits per heavy atom. The highest BCUT2D eigenvalue weighted by molar-refractivity contribution is 5.88. The molecule has 0 aliphatic heterocycles. The van der Waals surface area contributed by atoms with Crippen LogP contribution in [0.25, 0.3) is 0 Å². The van der Waals surface area contributed by atoms with E-state index in [0.717, 1.165) is 25.7 Å². The van der Waals surface area contributed by atoms with E-state index < -0.39 is 5.97 Å². The maximum Gasteiger partial charge on any atom is 0.335 e. The van der Waals surface area contributed by atoms with Crippen LogP contribution in [0.5, 0.6) is 0 Å². The van der Waals surface area contributed by atoms with Gasteiger partial charge in [0.2, 0.25) is 0 Å². The van der Waals surface area contributed by atoms with Crippen molar-refractivity contribution in [1.29, 1.82) is 0 Å². The summed E-state index contributed by atoms with van der Waals surface area (Å²) in [5.41, 5.74) is 0.425. The molecular weight excluding hydrogens is 233 g/mol. The first-order valence-corrected chi connectivity index (χ1v) is 6.46. The number of hydrogen-bond acceptors (Lipinski definition) is 2. The van der Waals surface area contributed by atoms with Gasteiger partial charge in [0.15, 0.2) is 0 Å². The molecule has 1 fully saturated rings. The molecule has 0 unspecified atom stereocenters. The Morgan fingerprint density at radius 1 is 1.22 bits per heavy atom. The van der Waals surface area contributed by atoms with E-state index in [1.54, 1.807) is 0 Å². The van der Waals surface area contributed by atoms with Crippen LogP contribution in [0.1, 0.15) is 48.9 Å². The molecule has 3 nitrogen and oxygen atoms in total. The molecule has 18 heavy (non-hydrogen) atoms. The molecule has 1 aliphatic carbocycles. The van der Waals surface area contributed by atoms with Crippen molar-refractivity contribution in [2.45, 2.75) is 44.6 Å². The number of rotatable bonds is 3. The van der Waals surface area contributed by atoms with E-state index in [9.17, 15) is 9.18 Å². The van der Waals surface area contributed by atoms with Gasteiger partial charge in [-0.25, -0.2) is 9.18 Å². The van der Waals surface area contributed by atoms with Crippen molar-refractivity contribution in [2.75, 3.05) is 5.32 Å². The number of halogens is 1. The first-order valence-electron chi connectivity index (χ1n) is 6.46. The molecule has 0 spiro atoms. The van der Waals surface area contributed by atoms with Gasteiger partial charge in [0.05, 0.1) is 11.3 Å². The van der Waals surface area contributed by atoms with Crippen LogP contribution in [0.2, 0.25) is 0 Å². The largest absolute Gasteiger partial charge is 0.478 e. The third-order valence-electron chi connectivity index (χ3n) is 3.43. The van der Waals surface area contributed by atoms with E-state index in [-0.39, 0.29) is 17.4 Å². The van der Waals surface area contributed by atoms with Gasteiger partial charge in [-0.05, 0) is 31.0 Å². The van der Waals surface area contributed by atoms with E-state index in [1.807, 2.05) is 0 Å². The summed E-state index contributed by atoms with van der Waals surface area (Å²) in [5.74, 6) is -1.41. The van der Waals surface area contributed by atoms with Crippen LogP contribution >= 0.6 is 0 Å². The first-order chi connectivity index (χ1) is 8.66. The van der Waals surface area contributed by atoms with Gasteiger partial charge >= 0.3 is 5.97 Å². The number of aromatic carboxylic acids is 1. The lowest BCUT2D eigenvalue weighted by molar-refractivity contribution is 0.0697. The molecule has 0 saturated heterocycles. The SMILES string of the molecule is O=C(O)c1ccc(F)c(NC2CCCCCC2)c1. The minimum absolute atomic E-state index is 0.118. The van der Waals surface area contributed by atoms with Crippen LogP contribution in [0.15, 0.2) is 18.2 Å². The summed E-state index contributed by atoms with van der Waals surface area (Å²) < 4.78 is 13.6. The lowest BCUT2D eigenvalue weighted by atomic mass is 10.1. The minimum atomic E-state index is -1.03. The summed E-state index contributed by atoms with van der Waals surface area (Å²) in [4.78, 5) is 10.9. The van der Waals surface area contributed by atoms with Crippen LogP contribution in [0.4, 0.5) is 10.1 Å². The normalized spacial score (nSPS) is 17.2. The van der Waals surface area contributed by atoms with Crippen molar-refractivity contribution in [3.05, 3.63) is 29.6 Å². The van der Waals surface area contributed by atoms with Gasteiger partial charge in [-0.3, -0.25) is 0 Å².